The Hall–Kier alpha value is -3.21. The van der Waals surface area contributed by atoms with Gasteiger partial charge >= 0.3 is 0 Å². The van der Waals surface area contributed by atoms with Crippen molar-refractivity contribution in [2.24, 2.45) is 0 Å². The number of sulfonamides is 1. The van der Waals surface area contributed by atoms with E-state index in [0.29, 0.717) is 31.9 Å². The van der Waals surface area contributed by atoms with Crippen molar-refractivity contribution in [1.82, 2.24) is 8.87 Å². The molecular weight excluding hydrogens is 456 g/mol. The molecule has 1 N–H and O–H groups in total. The Bertz CT molecular complexity index is 1280. The van der Waals surface area contributed by atoms with Gasteiger partial charge in [-0.25, -0.2) is 8.42 Å². The summed E-state index contributed by atoms with van der Waals surface area (Å²) >= 11 is 0. The predicted molar refractivity (Wildman–Crippen MR) is 130 cm³/mol. The second-order valence-electron chi connectivity index (χ2n) is 8.20. The minimum atomic E-state index is -3.91. The van der Waals surface area contributed by atoms with Crippen LogP contribution in [0.4, 0.5) is 11.4 Å². The molecule has 0 aliphatic carbocycles. The summed E-state index contributed by atoms with van der Waals surface area (Å²) in [6.45, 7) is 5.63. The highest BCUT2D eigenvalue weighted by atomic mass is 32.2. The van der Waals surface area contributed by atoms with Gasteiger partial charge in [-0.05, 0) is 50.1 Å². The molecule has 1 aliphatic heterocycles. The van der Waals surface area contributed by atoms with Gasteiger partial charge in [0, 0.05) is 48.8 Å². The van der Waals surface area contributed by atoms with Gasteiger partial charge in [0.05, 0.1) is 23.8 Å². The maximum absolute atomic E-state index is 13.3. The maximum atomic E-state index is 13.3. The standard InChI is InChI=1S/C24H28N4O5S/c1-18-16-20(19(2)27(18)21-6-4-3-5-7-21)10-11-25-23-9-8-22(28(29)30)17-24(23)34(31,32)26-12-14-33-15-13-26/h3-9,16-17,25H,10-15H2,1-2H3. The monoisotopic (exact) mass is 484 g/mol. The Kier molecular flexibility index (Phi) is 7.01. The van der Waals surface area contributed by atoms with Crippen LogP contribution in [0.15, 0.2) is 59.5 Å². The molecule has 9 nitrogen and oxygen atoms in total. The highest BCUT2D eigenvalue weighted by Gasteiger charge is 2.30. The lowest BCUT2D eigenvalue weighted by Crippen LogP contribution is -2.40. The lowest BCUT2D eigenvalue weighted by atomic mass is 10.1. The van der Waals surface area contributed by atoms with Gasteiger partial charge in [-0.2, -0.15) is 4.31 Å². The minimum Gasteiger partial charge on any atom is -0.384 e. The number of aryl methyl sites for hydroxylation is 1. The third kappa shape index (κ3) is 4.84. The average molecular weight is 485 g/mol. The lowest BCUT2D eigenvalue weighted by Gasteiger charge is -2.27. The van der Waals surface area contributed by atoms with Crippen LogP contribution in [-0.2, 0) is 21.2 Å². The van der Waals surface area contributed by atoms with Crippen LogP contribution in [0, 0.1) is 24.0 Å². The molecule has 3 aromatic rings. The van der Waals surface area contributed by atoms with E-state index in [1.54, 1.807) is 0 Å². The highest BCUT2D eigenvalue weighted by Crippen LogP contribution is 2.30. The number of hydrogen-bond donors (Lipinski definition) is 1. The largest absolute Gasteiger partial charge is 0.384 e. The Morgan fingerprint density at radius 2 is 1.76 bits per heavy atom. The Morgan fingerprint density at radius 3 is 2.44 bits per heavy atom. The van der Waals surface area contributed by atoms with E-state index in [4.69, 9.17) is 4.74 Å². The van der Waals surface area contributed by atoms with Crippen LogP contribution in [0.2, 0.25) is 0 Å². The van der Waals surface area contributed by atoms with E-state index in [1.165, 1.54) is 16.4 Å². The highest BCUT2D eigenvalue weighted by molar-refractivity contribution is 7.89. The second kappa shape index (κ2) is 9.96. The molecular formula is C24H28N4O5S. The fraction of sp³-hybridized carbons (Fsp3) is 0.333. The molecule has 1 fully saturated rings. The van der Waals surface area contributed by atoms with Crippen LogP contribution in [0.5, 0.6) is 0 Å². The van der Waals surface area contributed by atoms with Crippen molar-refractivity contribution in [3.63, 3.8) is 0 Å². The minimum absolute atomic E-state index is 0.0849. The third-order valence-corrected chi connectivity index (χ3v) is 7.96. The summed E-state index contributed by atoms with van der Waals surface area (Å²) in [6, 6.07) is 16.2. The number of benzene rings is 2. The fourth-order valence-corrected chi connectivity index (χ4v) is 5.89. The first-order valence-electron chi connectivity index (χ1n) is 11.1. The summed E-state index contributed by atoms with van der Waals surface area (Å²) in [6.07, 6.45) is 0.667. The van der Waals surface area contributed by atoms with Crippen LogP contribution >= 0.6 is 0 Å². The van der Waals surface area contributed by atoms with Crippen LogP contribution in [-0.4, -0.2) is 55.1 Å². The summed E-state index contributed by atoms with van der Waals surface area (Å²) in [5.74, 6) is 0. The van der Waals surface area contributed by atoms with Gasteiger partial charge in [0.25, 0.3) is 5.69 Å². The molecule has 1 saturated heterocycles. The molecule has 0 bridgehead atoms. The summed E-state index contributed by atoms with van der Waals surface area (Å²) in [4.78, 5) is 10.6. The van der Waals surface area contributed by atoms with Crippen molar-refractivity contribution in [1.29, 1.82) is 0 Å². The number of para-hydroxylation sites is 1. The molecule has 0 spiro atoms. The fourth-order valence-electron chi connectivity index (χ4n) is 4.30. The van der Waals surface area contributed by atoms with Crippen LogP contribution in [0.3, 0.4) is 0 Å². The SMILES string of the molecule is Cc1cc(CCNc2ccc([N+](=O)[O-])cc2S(=O)(=O)N2CCOCC2)c(C)n1-c1ccccc1. The van der Waals surface area contributed by atoms with E-state index in [2.05, 4.69) is 41.9 Å². The molecule has 0 saturated carbocycles. The van der Waals surface area contributed by atoms with Gasteiger partial charge < -0.3 is 14.6 Å². The first kappa shape index (κ1) is 23.9. The zero-order valence-corrected chi connectivity index (χ0v) is 20.0. The number of hydrogen-bond acceptors (Lipinski definition) is 6. The first-order valence-corrected chi connectivity index (χ1v) is 12.6. The Morgan fingerprint density at radius 1 is 1.06 bits per heavy atom. The Labute approximate surface area is 199 Å². The molecule has 1 aromatic heterocycles. The zero-order chi connectivity index (χ0) is 24.3. The molecule has 0 radical (unpaired) electrons. The summed E-state index contributed by atoms with van der Waals surface area (Å²) in [7, 11) is -3.91. The second-order valence-corrected chi connectivity index (χ2v) is 10.1. The van der Waals surface area contributed by atoms with Crippen molar-refractivity contribution >= 4 is 21.4 Å². The van der Waals surface area contributed by atoms with Gasteiger partial charge in [-0.1, -0.05) is 18.2 Å². The molecule has 0 unspecified atom stereocenters. The van der Waals surface area contributed by atoms with Crippen LogP contribution < -0.4 is 5.32 Å². The number of non-ortho nitro benzene ring substituents is 1. The quantitative estimate of drug-likeness (QED) is 0.386. The summed E-state index contributed by atoms with van der Waals surface area (Å²) in [5.41, 5.74) is 4.57. The molecule has 4 rings (SSSR count). The number of aromatic nitrogens is 1. The van der Waals surface area contributed by atoms with Gasteiger partial charge in [0.1, 0.15) is 4.90 Å². The van der Waals surface area contributed by atoms with Gasteiger partial charge in [-0.15, -0.1) is 0 Å². The predicted octanol–water partition coefficient (Wildman–Crippen LogP) is 3.68. The smallest absolute Gasteiger partial charge is 0.270 e. The number of morpholine rings is 1. The average Bonchev–Trinajstić information content (AvgIpc) is 3.12. The molecule has 10 heteroatoms. The normalized spacial score (nSPS) is 14.8. The number of rotatable bonds is 8. The van der Waals surface area contributed by atoms with E-state index in [0.717, 1.165) is 28.7 Å². The number of nitrogens with zero attached hydrogens (tertiary/aromatic N) is 3. The number of ether oxygens (including phenoxy) is 1. The molecule has 2 heterocycles. The van der Waals surface area contributed by atoms with E-state index in [-0.39, 0.29) is 23.7 Å². The van der Waals surface area contributed by atoms with E-state index in [1.807, 2.05) is 18.2 Å². The molecule has 0 amide bonds. The van der Waals surface area contributed by atoms with Crippen molar-refractivity contribution in [2.45, 2.75) is 25.2 Å². The van der Waals surface area contributed by atoms with Gasteiger partial charge in [0.2, 0.25) is 10.0 Å². The first-order chi connectivity index (χ1) is 16.3. The number of anilines is 1. The number of nitro benzene ring substituents is 1. The number of nitro groups is 1. The van der Waals surface area contributed by atoms with Crippen molar-refractivity contribution in [3.05, 3.63) is 81.7 Å². The zero-order valence-electron chi connectivity index (χ0n) is 19.2. The molecule has 180 valence electrons. The van der Waals surface area contributed by atoms with E-state index >= 15 is 0 Å². The van der Waals surface area contributed by atoms with Gasteiger partial charge in [-0.3, -0.25) is 10.1 Å². The third-order valence-electron chi connectivity index (χ3n) is 6.02. The Balaban J connectivity index is 1.56. The molecule has 34 heavy (non-hydrogen) atoms. The molecule has 0 atom stereocenters. The lowest BCUT2D eigenvalue weighted by molar-refractivity contribution is -0.385. The maximum Gasteiger partial charge on any atom is 0.270 e. The molecule has 1 aliphatic rings. The summed E-state index contributed by atoms with van der Waals surface area (Å²) in [5, 5.41) is 14.5. The van der Waals surface area contributed by atoms with E-state index < -0.39 is 14.9 Å². The van der Waals surface area contributed by atoms with Crippen molar-refractivity contribution in [3.8, 4) is 5.69 Å². The molecule has 2 aromatic carbocycles. The van der Waals surface area contributed by atoms with Crippen molar-refractivity contribution in [2.75, 3.05) is 38.2 Å². The van der Waals surface area contributed by atoms with Crippen LogP contribution in [0.1, 0.15) is 17.0 Å². The van der Waals surface area contributed by atoms with Crippen molar-refractivity contribution < 1.29 is 18.1 Å². The summed E-state index contributed by atoms with van der Waals surface area (Å²) < 4.78 is 35.3. The number of nitrogens with one attached hydrogen (secondary N) is 1. The topological polar surface area (TPSA) is 107 Å². The van der Waals surface area contributed by atoms with Crippen LogP contribution in [0.25, 0.3) is 5.69 Å². The van der Waals surface area contributed by atoms with E-state index in [9.17, 15) is 18.5 Å². The van der Waals surface area contributed by atoms with Gasteiger partial charge in [0.15, 0.2) is 0 Å².